The molecule has 3 atom stereocenters. The van der Waals surface area contributed by atoms with Crippen LogP contribution in [0.5, 0.6) is 0 Å². The molecule has 1 aliphatic carbocycles. The summed E-state index contributed by atoms with van der Waals surface area (Å²) in [5.74, 6) is -0.323. The molecule has 0 radical (unpaired) electrons. The number of fused-ring (bicyclic) bond motifs is 4. The molecule has 1 saturated carbocycles. The topological polar surface area (TPSA) is 145 Å². The number of esters is 1. The average Bonchev–Trinajstić information content (AvgIpc) is 3.30. The van der Waals surface area contributed by atoms with Crippen LogP contribution in [0, 0.1) is 5.41 Å². The lowest BCUT2D eigenvalue weighted by molar-refractivity contribution is -0.138. The van der Waals surface area contributed by atoms with E-state index in [1.165, 1.54) is 13.4 Å². The third-order valence-electron chi connectivity index (χ3n) is 7.58. The minimum absolute atomic E-state index is 0.0281. The SMILES string of the molecule is COC(=O)c1ccc2c3c(N)ncnc3n(CC(=O)N3[C@H](C(=O)Nc4cccc(Br)n4)C[C@@]4(C)C[C@@H]34)c2c1. The van der Waals surface area contributed by atoms with Gasteiger partial charge in [-0.2, -0.15) is 0 Å². The predicted molar refractivity (Wildman–Crippen MR) is 143 cm³/mol. The fourth-order valence-corrected chi connectivity index (χ4v) is 5.95. The molecule has 3 aromatic heterocycles. The number of nitrogen functional groups attached to an aromatic ring is 1. The Labute approximate surface area is 225 Å². The van der Waals surface area contributed by atoms with Gasteiger partial charge in [-0.05, 0) is 58.5 Å². The van der Waals surface area contributed by atoms with Crippen molar-refractivity contribution in [1.82, 2.24) is 24.4 Å². The summed E-state index contributed by atoms with van der Waals surface area (Å²) in [5, 5.41) is 4.16. The summed E-state index contributed by atoms with van der Waals surface area (Å²) in [6.45, 7) is 2.01. The summed E-state index contributed by atoms with van der Waals surface area (Å²) in [6, 6.07) is 9.63. The molecular weight excluding hydrogens is 554 g/mol. The quantitative estimate of drug-likeness (QED) is 0.272. The molecule has 2 amide bonds. The molecule has 194 valence electrons. The summed E-state index contributed by atoms with van der Waals surface area (Å²) >= 11 is 3.31. The monoisotopic (exact) mass is 577 g/mol. The Bertz CT molecular complexity index is 1650. The molecule has 4 aromatic rings. The molecule has 12 heteroatoms. The number of methoxy groups -OCH3 is 1. The minimum atomic E-state index is -0.634. The Morgan fingerprint density at radius 1 is 1.21 bits per heavy atom. The van der Waals surface area contributed by atoms with Gasteiger partial charge in [-0.3, -0.25) is 9.59 Å². The second-order valence-corrected chi connectivity index (χ2v) is 10.8. The van der Waals surface area contributed by atoms with Crippen molar-refractivity contribution < 1.29 is 19.1 Å². The number of rotatable bonds is 5. The van der Waals surface area contributed by atoms with Crippen LogP contribution < -0.4 is 11.1 Å². The first-order valence-corrected chi connectivity index (χ1v) is 12.8. The standard InChI is InChI=1S/C26H24BrN7O4/c1-26-9-16(24(36)32-19-5-3-4-18(27)31-19)34(17(26)10-26)20(35)11-33-15-8-13(25(37)38-2)6-7-14(15)21-22(28)29-12-30-23(21)33/h3-8,12,16-17H,9-11H2,1-2H3,(H2,28,29,30)(H,31,32,36)/t16-,17+,26-/m0/s1. The van der Waals surface area contributed by atoms with Crippen molar-refractivity contribution in [3.8, 4) is 0 Å². The van der Waals surface area contributed by atoms with Crippen molar-refractivity contribution in [1.29, 1.82) is 0 Å². The van der Waals surface area contributed by atoms with Gasteiger partial charge in [-0.1, -0.05) is 19.1 Å². The van der Waals surface area contributed by atoms with Gasteiger partial charge in [0.15, 0.2) is 0 Å². The molecule has 6 rings (SSSR count). The van der Waals surface area contributed by atoms with Gasteiger partial charge in [0, 0.05) is 11.4 Å². The molecule has 2 aliphatic rings. The summed E-state index contributed by atoms with van der Waals surface area (Å²) < 4.78 is 7.21. The van der Waals surface area contributed by atoms with Crippen LogP contribution in [0.15, 0.2) is 47.3 Å². The van der Waals surface area contributed by atoms with Gasteiger partial charge >= 0.3 is 5.97 Å². The molecule has 38 heavy (non-hydrogen) atoms. The predicted octanol–water partition coefficient (Wildman–Crippen LogP) is 3.13. The highest BCUT2D eigenvalue weighted by Gasteiger charge is 2.64. The third-order valence-corrected chi connectivity index (χ3v) is 8.02. The number of halogens is 1. The number of benzene rings is 1. The lowest BCUT2D eigenvalue weighted by Crippen LogP contribution is -2.46. The number of pyridine rings is 1. The van der Waals surface area contributed by atoms with Crippen LogP contribution in [0.3, 0.4) is 0 Å². The summed E-state index contributed by atoms with van der Waals surface area (Å²) in [5.41, 5.74) is 7.49. The van der Waals surface area contributed by atoms with E-state index in [0.717, 1.165) is 6.42 Å². The van der Waals surface area contributed by atoms with Gasteiger partial charge < -0.3 is 25.3 Å². The summed E-state index contributed by atoms with van der Waals surface area (Å²) in [7, 11) is 1.31. The number of ether oxygens (including phenoxy) is 1. The van der Waals surface area contributed by atoms with Crippen molar-refractivity contribution in [3.05, 3.63) is 52.9 Å². The maximum absolute atomic E-state index is 13.9. The van der Waals surface area contributed by atoms with Crippen molar-refractivity contribution in [2.75, 3.05) is 18.2 Å². The molecule has 1 aromatic carbocycles. The number of hydrogen-bond donors (Lipinski definition) is 2. The zero-order valence-corrected chi connectivity index (χ0v) is 22.2. The van der Waals surface area contributed by atoms with Gasteiger partial charge in [0.25, 0.3) is 0 Å². The number of amides is 2. The highest BCUT2D eigenvalue weighted by Crippen LogP contribution is 2.59. The first-order chi connectivity index (χ1) is 18.2. The Morgan fingerprint density at radius 3 is 2.79 bits per heavy atom. The zero-order valence-electron chi connectivity index (χ0n) is 20.6. The Balaban J connectivity index is 1.37. The molecular formula is C26H24BrN7O4. The number of nitrogens with zero attached hydrogens (tertiary/aromatic N) is 5. The molecule has 3 N–H and O–H groups in total. The van der Waals surface area contributed by atoms with Crippen LogP contribution in [-0.2, 0) is 20.9 Å². The first-order valence-electron chi connectivity index (χ1n) is 12.1. The van der Waals surface area contributed by atoms with Gasteiger partial charge in [-0.15, -0.1) is 0 Å². The molecule has 11 nitrogen and oxygen atoms in total. The molecule has 4 heterocycles. The fraction of sp³-hybridized carbons (Fsp3) is 0.308. The largest absolute Gasteiger partial charge is 0.465 e. The molecule has 1 saturated heterocycles. The Hall–Kier alpha value is -4.06. The van der Waals surface area contributed by atoms with Crippen molar-refractivity contribution in [2.24, 2.45) is 5.41 Å². The summed E-state index contributed by atoms with van der Waals surface area (Å²) in [6.07, 6.45) is 2.75. The number of aromatic nitrogens is 4. The van der Waals surface area contributed by atoms with Crippen LogP contribution in [0.4, 0.5) is 11.6 Å². The number of carbonyl (C=O) groups is 3. The van der Waals surface area contributed by atoms with Crippen molar-refractivity contribution >= 4 is 67.3 Å². The number of likely N-dealkylation sites (tertiary alicyclic amines) is 1. The Kier molecular flexibility index (Phi) is 5.60. The third kappa shape index (κ3) is 3.87. The van der Waals surface area contributed by atoms with E-state index in [1.54, 1.807) is 45.9 Å². The van der Waals surface area contributed by atoms with Crippen molar-refractivity contribution in [2.45, 2.75) is 38.4 Å². The van der Waals surface area contributed by atoms with E-state index in [0.29, 0.717) is 44.3 Å². The van der Waals surface area contributed by atoms with E-state index in [4.69, 9.17) is 10.5 Å². The average molecular weight is 578 g/mol. The van der Waals surface area contributed by atoms with Crippen LogP contribution in [0.2, 0.25) is 0 Å². The maximum atomic E-state index is 13.9. The van der Waals surface area contributed by atoms with Crippen molar-refractivity contribution in [3.63, 3.8) is 0 Å². The Morgan fingerprint density at radius 2 is 2.03 bits per heavy atom. The van der Waals surface area contributed by atoms with Gasteiger partial charge in [0.2, 0.25) is 11.8 Å². The molecule has 1 aliphatic heterocycles. The van der Waals surface area contributed by atoms with E-state index >= 15 is 0 Å². The maximum Gasteiger partial charge on any atom is 0.337 e. The van der Waals surface area contributed by atoms with Crippen LogP contribution >= 0.6 is 15.9 Å². The first kappa shape index (κ1) is 24.3. The normalized spacial score (nSPS) is 21.9. The number of anilines is 2. The van der Waals surface area contributed by atoms with E-state index in [1.807, 2.05) is 0 Å². The van der Waals surface area contributed by atoms with E-state index < -0.39 is 12.0 Å². The van der Waals surface area contributed by atoms with E-state index in [9.17, 15) is 14.4 Å². The van der Waals surface area contributed by atoms with E-state index in [2.05, 4.69) is 43.1 Å². The lowest BCUT2D eigenvalue weighted by atomic mass is 10.0. The smallest absolute Gasteiger partial charge is 0.337 e. The van der Waals surface area contributed by atoms with Crippen LogP contribution in [0.1, 0.15) is 30.1 Å². The molecule has 0 unspecified atom stereocenters. The van der Waals surface area contributed by atoms with Gasteiger partial charge in [-0.25, -0.2) is 19.7 Å². The highest BCUT2D eigenvalue weighted by atomic mass is 79.9. The number of carbonyl (C=O) groups excluding carboxylic acids is 3. The number of nitrogens with two attached hydrogens (primary N) is 1. The highest BCUT2D eigenvalue weighted by molar-refractivity contribution is 9.10. The summed E-state index contributed by atoms with van der Waals surface area (Å²) in [4.78, 5) is 54.0. The van der Waals surface area contributed by atoms with Crippen LogP contribution in [-0.4, -0.2) is 61.4 Å². The molecule has 0 spiro atoms. The molecule has 0 bridgehead atoms. The fourth-order valence-electron chi connectivity index (χ4n) is 5.60. The number of piperidine rings is 1. The van der Waals surface area contributed by atoms with E-state index in [-0.39, 0.29) is 35.6 Å². The van der Waals surface area contributed by atoms with Crippen LogP contribution in [0.25, 0.3) is 21.9 Å². The number of hydrogen-bond acceptors (Lipinski definition) is 8. The second kappa shape index (κ2) is 8.76. The number of nitrogens with one attached hydrogen (secondary N) is 1. The zero-order chi connectivity index (χ0) is 26.8. The van der Waals surface area contributed by atoms with Gasteiger partial charge in [0.05, 0.1) is 23.6 Å². The lowest BCUT2D eigenvalue weighted by Gasteiger charge is -2.27. The second-order valence-electron chi connectivity index (χ2n) is 10.00. The minimum Gasteiger partial charge on any atom is -0.465 e. The van der Waals surface area contributed by atoms with Gasteiger partial charge in [0.1, 0.15) is 40.8 Å². The molecule has 2 fully saturated rings.